The summed E-state index contributed by atoms with van der Waals surface area (Å²) in [6.45, 7) is 0.932. The van der Waals surface area contributed by atoms with Crippen molar-refractivity contribution >= 4 is 28.6 Å². The molecule has 0 fully saturated rings. The topological polar surface area (TPSA) is 25.4 Å². The number of hydrogen-bond donors (Lipinski definition) is 0. The minimum atomic E-state index is 0.491. The van der Waals surface area contributed by atoms with Crippen molar-refractivity contribution in [2.45, 2.75) is 12.3 Å². The second kappa shape index (κ2) is 6.78. The molecule has 0 N–H and O–H groups in total. The highest BCUT2D eigenvalue weighted by Crippen LogP contribution is 2.19. The lowest BCUT2D eigenvalue weighted by molar-refractivity contribution is 0.415. The Labute approximate surface area is 122 Å². The maximum absolute atomic E-state index is 5.75. The first-order valence-corrected chi connectivity index (χ1v) is 7.49. The second-order valence-corrected chi connectivity index (χ2v) is 5.45. The van der Waals surface area contributed by atoms with E-state index in [-0.39, 0.29) is 0 Å². The summed E-state index contributed by atoms with van der Waals surface area (Å²) in [5.41, 5.74) is 2.14. The van der Waals surface area contributed by atoms with Gasteiger partial charge in [0.2, 0.25) is 0 Å². The van der Waals surface area contributed by atoms with E-state index >= 15 is 0 Å². The van der Waals surface area contributed by atoms with E-state index in [9.17, 15) is 0 Å². The summed E-state index contributed by atoms with van der Waals surface area (Å²) in [6.07, 6.45) is 0.935. The molecule has 1 aromatic carbocycles. The molecule has 1 heterocycles. The average molecular weight is 297 g/mol. The lowest BCUT2D eigenvalue weighted by Crippen LogP contribution is -2.20. The van der Waals surface area contributed by atoms with Crippen molar-refractivity contribution in [1.29, 1.82) is 0 Å². The summed E-state index contributed by atoms with van der Waals surface area (Å²) in [6, 6.07) is 8.07. The third kappa shape index (κ3) is 3.85. The van der Waals surface area contributed by atoms with Gasteiger partial charge in [0.05, 0.1) is 23.7 Å². The molecule has 0 radical (unpaired) electrons. The van der Waals surface area contributed by atoms with Crippen molar-refractivity contribution in [2.24, 2.45) is 0 Å². The van der Waals surface area contributed by atoms with Crippen LogP contribution in [0.1, 0.15) is 10.7 Å². The standard InChI is InChI=1S/C14H17ClN2OS/c1-17(12-3-5-13(18-2)6-4-12)8-7-14-16-11(9-15)10-19-14/h3-6,10H,7-9H2,1-2H3. The van der Waals surface area contributed by atoms with Crippen molar-refractivity contribution in [2.75, 3.05) is 25.6 Å². The predicted molar refractivity (Wildman–Crippen MR) is 81.6 cm³/mol. The van der Waals surface area contributed by atoms with Gasteiger partial charge in [-0.05, 0) is 24.3 Å². The van der Waals surface area contributed by atoms with Gasteiger partial charge in [-0.1, -0.05) is 0 Å². The fourth-order valence-corrected chi connectivity index (χ4v) is 2.77. The fraction of sp³-hybridized carbons (Fsp3) is 0.357. The second-order valence-electron chi connectivity index (χ2n) is 4.24. The predicted octanol–water partition coefficient (Wildman–Crippen LogP) is 3.57. The van der Waals surface area contributed by atoms with Crippen molar-refractivity contribution < 1.29 is 4.74 Å². The Balaban J connectivity index is 1.90. The molecule has 19 heavy (non-hydrogen) atoms. The average Bonchev–Trinajstić information content (AvgIpc) is 2.93. The van der Waals surface area contributed by atoms with Crippen LogP contribution < -0.4 is 9.64 Å². The van der Waals surface area contributed by atoms with E-state index in [2.05, 4.69) is 29.1 Å². The lowest BCUT2D eigenvalue weighted by atomic mass is 10.2. The summed E-state index contributed by atoms with van der Waals surface area (Å²) in [4.78, 5) is 6.67. The number of thiazole rings is 1. The lowest BCUT2D eigenvalue weighted by Gasteiger charge is -2.18. The largest absolute Gasteiger partial charge is 0.497 e. The molecule has 0 saturated carbocycles. The summed E-state index contributed by atoms with van der Waals surface area (Å²) in [5, 5.41) is 3.16. The van der Waals surface area contributed by atoms with Crippen LogP contribution in [0.15, 0.2) is 29.6 Å². The highest BCUT2D eigenvalue weighted by Gasteiger charge is 2.05. The van der Waals surface area contributed by atoms with Gasteiger partial charge in [0.25, 0.3) is 0 Å². The van der Waals surface area contributed by atoms with E-state index in [0.29, 0.717) is 5.88 Å². The SMILES string of the molecule is COc1ccc(N(C)CCc2nc(CCl)cs2)cc1. The molecule has 0 bridgehead atoms. The van der Waals surface area contributed by atoms with E-state index < -0.39 is 0 Å². The molecule has 0 atom stereocenters. The van der Waals surface area contributed by atoms with E-state index in [1.165, 1.54) is 5.69 Å². The number of rotatable bonds is 6. The van der Waals surface area contributed by atoms with Crippen LogP contribution in [-0.2, 0) is 12.3 Å². The fourth-order valence-electron chi connectivity index (χ4n) is 1.75. The molecule has 0 amide bonds. The Morgan fingerprint density at radius 2 is 2.05 bits per heavy atom. The molecule has 0 aliphatic carbocycles. The molecule has 0 spiro atoms. The number of methoxy groups -OCH3 is 1. The molecule has 5 heteroatoms. The van der Waals surface area contributed by atoms with Crippen molar-refractivity contribution in [3.8, 4) is 5.75 Å². The molecular weight excluding hydrogens is 280 g/mol. The Morgan fingerprint density at radius 3 is 2.63 bits per heavy atom. The number of aromatic nitrogens is 1. The molecule has 2 aromatic rings. The number of hydrogen-bond acceptors (Lipinski definition) is 4. The summed E-state index contributed by atoms with van der Waals surface area (Å²) >= 11 is 7.42. The third-order valence-electron chi connectivity index (χ3n) is 2.91. The van der Waals surface area contributed by atoms with Gasteiger partial charge in [-0.2, -0.15) is 0 Å². The Hall–Kier alpha value is -1.26. The van der Waals surface area contributed by atoms with Gasteiger partial charge in [0.1, 0.15) is 5.75 Å². The van der Waals surface area contributed by atoms with Crippen LogP contribution in [0.25, 0.3) is 0 Å². The van der Waals surface area contributed by atoms with Crippen LogP contribution >= 0.6 is 22.9 Å². The maximum Gasteiger partial charge on any atom is 0.119 e. The monoisotopic (exact) mass is 296 g/mol. The number of ether oxygens (including phenoxy) is 1. The van der Waals surface area contributed by atoms with Gasteiger partial charge in [-0.15, -0.1) is 22.9 Å². The quantitative estimate of drug-likeness (QED) is 0.762. The zero-order valence-corrected chi connectivity index (χ0v) is 12.7. The van der Waals surface area contributed by atoms with E-state index in [1.807, 2.05) is 17.5 Å². The van der Waals surface area contributed by atoms with Crippen LogP contribution in [0.3, 0.4) is 0 Å². The van der Waals surface area contributed by atoms with Crippen LogP contribution in [-0.4, -0.2) is 25.7 Å². The summed E-state index contributed by atoms with van der Waals surface area (Å²) < 4.78 is 5.15. The molecular formula is C14H17ClN2OS. The molecule has 0 aliphatic rings. The number of anilines is 1. The first-order valence-electron chi connectivity index (χ1n) is 6.07. The van der Waals surface area contributed by atoms with Gasteiger partial charge < -0.3 is 9.64 Å². The number of nitrogens with zero attached hydrogens (tertiary/aromatic N) is 2. The molecule has 0 unspecified atom stereocenters. The minimum absolute atomic E-state index is 0.491. The van der Waals surface area contributed by atoms with Crippen LogP contribution in [0.5, 0.6) is 5.75 Å². The number of alkyl halides is 1. The van der Waals surface area contributed by atoms with Crippen molar-refractivity contribution in [3.05, 3.63) is 40.3 Å². The number of benzene rings is 1. The van der Waals surface area contributed by atoms with Gasteiger partial charge >= 0.3 is 0 Å². The molecule has 0 aliphatic heterocycles. The third-order valence-corrected chi connectivity index (χ3v) is 4.14. The zero-order valence-electron chi connectivity index (χ0n) is 11.1. The van der Waals surface area contributed by atoms with Crippen molar-refractivity contribution in [1.82, 2.24) is 4.98 Å². The minimum Gasteiger partial charge on any atom is -0.497 e. The normalized spacial score (nSPS) is 10.5. The number of halogens is 1. The van der Waals surface area contributed by atoms with E-state index in [1.54, 1.807) is 18.4 Å². The molecule has 102 valence electrons. The van der Waals surface area contributed by atoms with Gasteiger partial charge in [0.15, 0.2) is 0 Å². The molecule has 2 rings (SSSR count). The number of likely N-dealkylation sites (N-methyl/N-ethyl adjacent to an activating group) is 1. The summed E-state index contributed by atoms with van der Waals surface area (Å²) in [5.74, 6) is 1.37. The Morgan fingerprint density at radius 1 is 1.32 bits per heavy atom. The van der Waals surface area contributed by atoms with Gasteiger partial charge in [0, 0.05) is 31.1 Å². The zero-order chi connectivity index (χ0) is 13.7. The van der Waals surface area contributed by atoms with Gasteiger partial charge in [-0.25, -0.2) is 4.98 Å². The first-order chi connectivity index (χ1) is 9.22. The molecule has 1 aromatic heterocycles. The highest BCUT2D eigenvalue weighted by molar-refractivity contribution is 7.09. The Kier molecular flexibility index (Phi) is 5.05. The van der Waals surface area contributed by atoms with Gasteiger partial charge in [-0.3, -0.25) is 0 Å². The maximum atomic E-state index is 5.75. The first kappa shape index (κ1) is 14.2. The molecule has 0 saturated heterocycles. The van der Waals surface area contributed by atoms with E-state index in [0.717, 1.165) is 29.4 Å². The summed E-state index contributed by atoms with van der Waals surface area (Å²) in [7, 11) is 3.76. The smallest absolute Gasteiger partial charge is 0.119 e. The van der Waals surface area contributed by atoms with Crippen LogP contribution in [0.2, 0.25) is 0 Å². The highest BCUT2D eigenvalue weighted by atomic mass is 35.5. The van der Waals surface area contributed by atoms with E-state index in [4.69, 9.17) is 16.3 Å². The van der Waals surface area contributed by atoms with Crippen molar-refractivity contribution in [3.63, 3.8) is 0 Å². The Bertz CT molecular complexity index is 512. The van der Waals surface area contributed by atoms with Crippen LogP contribution in [0, 0.1) is 0 Å². The molecule has 3 nitrogen and oxygen atoms in total. The van der Waals surface area contributed by atoms with Crippen LogP contribution in [0.4, 0.5) is 5.69 Å².